The molecule has 1 aromatic heterocycles. The molecule has 0 radical (unpaired) electrons. The Kier molecular flexibility index (Phi) is 5.76. The minimum atomic E-state index is -0.248. The maximum atomic E-state index is 12.1. The maximum absolute atomic E-state index is 12.1. The molecule has 2 aromatic carbocycles. The van der Waals surface area contributed by atoms with Gasteiger partial charge >= 0.3 is 0 Å². The molecule has 134 valence electrons. The third kappa shape index (κ3) is 5.04. The van der Waals surface area contributed by atoms with Gasteiger partial charge in [-0.1, -0.05) is 18.2 Å². The van der Waals surface area contributed by atoms with E-state index in [1.54, 1.807) is 24.3 Å². The van der Waals surface area contributed by atoms with Crippen LogP contribution in [0.5, 0.6) is 11.5 Å². The van der Waals surface area contributed by atoms with Crippen LogP contribution >= 0.6 is 0 Å². The van der Waals surface area contributed by atoms with Crippen LogP contribution in [-0.4, -0.2) is 32.7 Å². The Morgan fingerprint density at radius 1 is 1.04 bits per heavy atom. The summed E-state index contributed by atoms with van der Waals surface area (Å²) in [6.07, 6.45) is 0. The van der Waals surface area contributed by atoms with E-state index in [1.807, 2.05) is 37.3 Å². The molecule has 3 rings (SSSR count). The summed E-state index contributed by atoms with van der Waals surface area (Å²) in [5.41, 5.74) is 0.672. The Morgan fingerprint density at radius 3 is 2.50 bits per heavy atom. The number of rotatable bonds is 8. The molecule has 0 aliphatic carbocycles. The van der Waals surface area contributed by atoms with Gasteiger partial charge in [0.15, 0.2) is 6.61 Å². The van der Waals surface area contributed by atoms with Crippen LogP contribution in [0.15, 0.2) is 54.6 Å². The second-order valence-electron chi connectivity index (χ2n) is 5.34. The zero-order valence-corrected chi connectivity index (χ0v) is 14.3. The van der Waals surface area contributed by atoms with Crippen LogP contribution in [0.25, 0.3) is 0 Å². The first-order valence-electron chi connectivity index (χ1n) is 8.20. The molecule has 0 fully saturated rings. The Labute approximate surface area is 150 Å². The number of benzene rings is 2. The summed E-state index contributed by atoms with van der Waals surface area (Å²) in [6, 6.07) is 16.5. The Balaban J connectivity index is 1.49. The van der Waals surface area contributed by atoms with Crippen LogP contribution in [0.4, 0.5) is 5.69 Å². The average Bonchev–Trinajstić information content (AvgIpc) is 3.10. The van der Waals surface area contributed by atoms with Gasteiger partial charge in [0.05, 0.1) is 6.61 Å². The quantitative estimate of drug-likeness (QED) is 0.668. The summed E-state index contributed by atoms with van der Waals surface area (Å²) in [6.45, 7) is 2.66. The fourth-order valence-electron chi connectivity index (χ4n) is 2.20. The molecule has 0 atom stereocenters. The van der Waals surface area contributed by atoms with Crippen LogP contribution in [0.2, 0.25) is 0 Å². The average molecular weight is 353 g/mol. The van der Waals surface area contributed by atoms with Gasteiger partial charge in [0.1, 0.15) is 18.0 Å². The van der Waals surface area contributed by atoms with Gasteiger partial charge in [-0.05, 0) is 48.5 Å². The molecule has 0 bridgehead atoms. The third-order valence-corrected chi connectivity index (χ3v) is 3.34. The van der Waals surface area contributed by atoms with Crippen molar-refractivity contribution < 1.29 is 14.3 Å². The normalized spacial score (nSPS) is 10.3. The monoisotopic (exact) mass is 353 g/mol. The van der Waals surface area contributed by atoms with E-state index in [2.05, 4.69) is 20.7 Å². The number of anilines is 1. The number of ether oxygens (including phenoxy) is 2. The number of amides is 1. The van der Waals surface area contributed by atoms with Crippen molar-refractivity contribution in [2.45, 2.75) is 20.1 Å². The van der Waals surface area contributed by atoms with E-state index < -0.39 is 0 Å². The molecule has 0 spiro atoms. The highest BCUT2D eigenvalue weighted by atomic mass is 16.5. The molecule has 26 heavy (non-hydrogen) atoms. The predicted molar refractivity (Wildman–Crippen MR) is 94.8 cm³/mol. The fraction of sp³-hybridized carbons (Fsp3) is 0.222. The van der Waals surface area contributed by atoms with E-state index in [1.165, 1.54) is 4.80 Å². The standard InChI is InChI=1S/C18H19N5O3/c1-2-25-16-10-8-14(9-11-16)19-18(24)12-23-21-17(20-22-23)13-26-15-6-4-3-5-7-15/h3-11H,2,12-13H2,1H3,(H,19,24). The van der Waals surface area contributed by atoms with Gasteiger partial charge < -0.3 is 14.8 Å². The van der Waals surface area contributed by atoms with Gasteiger partial charge in [-0.15, -0.1) is 10.2 Å². The molecule has 1 N–H and O–H groups in total. The van der Waals surface area contributed by atoms with Gasteiger partial charge in [-0.25, -0.2) is 0 Å². The molecule has 0 saturated carbocycles. The van der Waals surface area contributed by atoms with Gasteiger partial charge in [0.25, 0.3) is 0 Å². The van der Waals surface area contributed by atoms with Crippen LogP contribution in [-0.2, 0) is 17.9 Å². The van der Waals surface area contributed by atoms with E-state index in [4.69, 9.17) is 9.47 Å². The van der Waals surface area contributed by atoms with Crippen LogP contribution in [0, 0.1) is 0 Å². The number of aromatic nitrogens is 4. The largest absolute Gasteiger partial charge is 0.494 e. The maximum Gasteiger partial charge on any atom is 0.248 e. The van der Waals surface area contributed by atoms with Crippen molar-refractivity contribution in [3.63, 3.8) is 0 Å². The Bertz CT molecular complexity index is 834. The molecule has 0 saturated heterocycles. The van der Waals surface area contributed by atoms with Crippen LogP contribution < -0.4 is 14.8 Å². The minimum absolute atomic E-state index is 0.0362. The van der Waals surface area contributed by atoms with E-state index in [-0.39, 0.29) is 19.1 Å². The lowest BCUT2D eigenvalue weighted by Gasteiger charge is -2.06. The summed E-state index contributed by atoms with van der Waals surface area (Å²) >= 11 is 0. The number of nitrogens with zero attached hydrogens (tertiary/aromatic N) is 4. The van der Waals surface area contributed by atoms with Crippen molar-refractivity contribution in [3.05, 3.63) is 60.4 Å². The molecule has 8 heteroatoms. The second kappa shape index (κ2) is 8.61. The number of hydrogen-bond acceptors (Lipinski definition) is 6. The van der Waals surface area contributed by atoms with E-state index >= 15 is 0 Å². The van der Waals surface area contributed by atoms with Crippen molar-refractivity contribution in [2.75, 3.05) is 11.9 Å². The molecule has 8 nitrogen and oxygen atoms in total. The number of carbonyl (C=O) groups is 1. The first-order chi connectivity index (χ1) is 12.7. The van der Waals surface area contributed by atoms with Crippen molar-refractivity contribution in [1.82, 2.24) is 20.2 Å². The molecule has 0 aliphatic heterocycles. The second-order valence-corrected chi connectivity index (χ2v) is 5.34. The Morgan fingerprint density at radius 2 is 1.77 bits per heavy atom. The molecule has 0 aliphatic rings. The van der Waals surface area contributed by atoms with Gasteiger partial charge in [-0.2, -0.15) is 4.80 Å². The van der Waals surface area contributed by atoms with Gasteiger partial charge in [-0.3, -0.25) is 4.79 Å². The number of para-hydroxylation sites is 1. The van der Waals surface area contributed by atoms with Crippen LogP contribution in [0.3, 0.4) is 0 Å². The lowest BCUT2D eigenvalue weighted by atomic mass is 10.3. The predicted octanol–water partition coefficient (Wildman–Crippen LogP) is 2.29. The topological polar surface area (TPSA) is 91.2 Å². The minimum Gasteiger partial charge on any atom is -0.494 e. The summed E-state index contributed by atoms with van der Waals surface area (Å²) in [7, 11) is 0. The third-order valence-electron chi connectivity index (χ3n) is 3.34. The lowest BCUT2D eigenvalue weighted by molar-refractivity contribution is -0.117. The molecular weight excluding hydrogens is 334 g/mol. The zero-order valence-electron chi connectivity index (χ0n) is 14.3. The van der Waals surface area contributed by atoms with Gasteiger partial charge in [0, 0.05) is 5.69 Å². The first kappa shape index (κ1) is 17.4. The van der Waals surface area contributed by atoms with Crippen molar-refractivity contribution in [2.24, 2.45) is 0 Å². The van der Waals surface area contributed by atoms with E-state index in [0.717, 1.165) is 11.5 Å². The number of tetrazole rings is 1. The smallest absolute Gasteiger partial charge is 0.248 e. The van der Waals surface area contributed by atoms with Gasteiger partial charge in [0.2, 0.25) is 11.7 Å². The Hall–Kier alpha value is -3.42. The molecule has 0 unspecified atom stereocenters. The number of carbonyl (C=O) groups excluding carboxylic acids is 1. The zero-order chi connectivity index (χ0) is 18.2. The van der Waals surface area contributed by atoms with Crippen molar-refractivity contribution in [3.8, 4) is 11.5 Å². The summed E-state index contributed by atoms with van der Waals surface area (Å²) in [5, 5.41) is 14.7. The van der Waals surface area contributed by atoms with Crippen LogP contribution in [0.1, 0.15) is 12.7 Å². The number of hydrogen-bond donors (Lipinski definition) is 1. The highest BCUT2D eigenvalue weighted by molar-refractivity contribution is 5.90. The lowest BCUT2D eigenvalue weighted by Crippen LogP contribution is -2.20. The SMILES string of the molecule is CCOc1ccc(NC(=O)Cn2nnc(COc3ccccc3)n2)cc1. The van der Waals surface area contributed by atoms with E-state index in [9.17, 15) is 4.79 Å². The molecule has 3 aromatic rings. The summed E-state index contributed by atoms with van der Waals surface area (Å²) in [4.78, 5) is 13.3. The number of nitrogens with one attached hydrogen (secondary N) is 1. The molecule has 1 amide bonds. The summed E-state index contributed by atoms with van der Waals surface area (Å²) in [5.74, 6) is 1.63. The van der Waals surface area contributed by atoms with Crippen molar-refractivity contribution >= 4 is 11.6 Å². The highest BCUT2D eigenvalue weighted by Gasteiger charge is 2.09. The first-order valence-corrected chi connectivity index (χ1v) is 8.20. The summed E-state index contributed by atoms with van der Waals surface area (Å²) < 4.78 is 10.9. The van der Waals surface area contributed by atoms with Crippen molar-refractivity contribution in [1.29, 1.82) is 0 Å². The highest BCUT2D eigenvalue weighted by Crippen LogP contribution is 2.15. The van der Waals surface area contributed by atoms with E-state index in [0.29, 0.717) is 18.1 Å². The molecule has 1 heterocycles. The molecular formula is C18H19N5O3. The fourth-order valence-corrected chi connectivity index (χ4v) is 2.20.